The molecule has 2 aromatic rings. The minimum Gasteiger partial charge on any atom is -0.481 e. The van der Waals surface area contributed by atoms with Gasteiger partial charge >= 0.3 is 11.9 Å². The third kappa shape index (κ3) is 3.40. The van der Waals surface area contributed by atoms with Gasteiger partial charge in [-0.15, -0.1) is 0 Å². The van der Waals surface area contributed by atoms with Crippen LogP contribution in [0.5, 0.6) is 5.75 Å². The van der Waals surface area contributed by atoms with Gasteiger partial charge in [0.2, 0.25) is 0 Å². The third-order valence-electron chi connectivity index (χ3n) is 9.12. The first-order valence-corrected chi connectivity index (χ1v) is 13.2. The van der Waals surface area contributed by atoms with Crippen LogP contribution in [0.3, 0.4) is 0 Å². The van der Waals surface area contributed by atoms with Gasteiger partial charge in [0.15, 0.2) is 12.2 Å². The minimum atomic E-state index is -1.13. The Hall–Kier alpha value is -3.20. The molecule has 0 unspecified atom stereocenters. The number of esters is 2. The van der Waals surface area contributed by atoms with Gasteiger partial charge in [0.1, 0.15) is 11.5 Å². The second-order valence-corrected chi connectivity index (χ2v) is 11.0. The topological polar surface area (TPSA) is 106 Å². The first-order chi connectivity index (χ1) is 18.2. The van der Waals surface area contributed by atoms with Crippen molar-refractivity contribution in [2.24, 2.45) is 0 Å². The Morgan fingerprint density at radius 1 is 1.16 bits per heavy atom. The van der Waals surface area contributed by atoms with Crippen LogP contribution in [-0.2, 0) is 37.5 Å². The van der Waals surface area contributed by atoms with Gasteiger partial charge in [-0.3, -0.25) is 4.79 Å². The first-order valence-electron chi connectivity index (χ1n) is 13.2. The van der Waals surface area contributed by atoms with Gasteiger partial charge in [-0.2, -0.15) is 0 Å². The number of aliphatic hydroxyl groups excluding tert-OH is 1. The zero-order valence-electron chi connectivity index (χ0n) is 21.8. The van der Waals surface area contributed by atoms with Crippen molar-refractivity contribution in [3.63, 3.8) is 0 Å². The van der Waals surface area contributed by atoms with Crippen LogP contribution in [0.1, 0.15) is 54.9 Å². The van der Waals surface area contributed by atoms with E-state index in [1.807, 2.05) is 49.5 Å². The Bertz CT molecular complexity index is 1320. The highest BCUT2D eigenvalue weighted by Gasteiger charge is 2.71. The summed E-state index contributed by atoms with van der Waals surface area (Å²) in [5, 5.41) is 22.3. The number of hydrogen-bond acceptors (Lipinski definition) is 8. The summed E-state index contributed by atoms with van der Waals surface area (Å²) in [5.41, 5.74) is 1.55. The van der Waals surface area contributed by atoms with Gasteiger partial charge < -0.3 is 29.3 Å². The van der Waals surface area contributed by atoms with E-state index in [1.165, 1.54) is 6.92 Å². The van der Waals surface area contributed by atoms with E-state index in [-0.39, 0.29) is 12.6 Å². The van der Waals surface area contributed by atoms with E-state index >= 15 is 0 Å². The molecule has 1 spiro atoms. The standard InChI is InChI=1S/C30H33NO7/c1-17(19-7-5-4-6-8-19)27(33)36-18(2)28(34)37-22-11-12-30(35)23-15-20-9-10-21(16-32)25-24(20)29(30,26(22)38-25)13-14-31(23)3/h4-11,17-18,23,26,32,35H,12-16H2,1-3H3/t17-,18-,23+,26-,29-,30+/m0/s1. The van der Waals surface area contributed by atoms with Gasteiger partial charge in [-0.1, -0.05) is 42.5 Å². The van der Waals surface area contributed by atoms with Crippen molar-refractivity contribution in [2.75, 3.05) is 13.6 Å². The number of carbonyl (C=O) groups excluding carboxylic acids is 2. The van der Waals surface area contributed by atoms with Crippen LogP contribution in [-0.4, -0.2) is 64.5 Å². The van der Waals surface area contributed by atoms with E-state index in [9.17, 15) is 19.8 Å². The smallest absolute Gasteiger partial charge is 0.352 e. The van der Waals surface area contributed by atoms with Crippen LogP contribution in [0.15, 0.2) is 54.3 Å². The largest absolute Gasteiger partial charge is 0.481 e. The number of likely N-dealkylation sites (N-methyl/N-ethyl adjacent to an activating group) is 1. The van der Waals surface area contributed by atoms with Gasteiger partial charge in [-0.05, 0) is 57.5 Å². The molecule has 6 atom stereocenters. The summed E-state index contributed by atoms with van der Waals surface area (Å²) >= 11 is 0. The summed E-state index contributed by atoms with van der Waals surface area (Å²) in [5.74, 6) is -0.852. The maximum atomic E-state index is 13.1. The molecule has 2 heterocycles. The highest BCUT2D eigenvalue weighted by molar-refractivity contribution is 5.83. The van der Waals surface area contributed by atoms with Crippen LogP contribution in [0.25, 0.3) is 0 Å². The lowest BCUT2D eigenvalue weighted by molar-refractivity contribution is -0.175. The summed E-state index contributed by atoms with van der Waals surface area (Å²) in [6.07, 6.45) is 1.47. The Morgan fingerprint density at radius 2 is 1.92 bits per heavy atom. The molecule has 200 valence electrons. The Balaban J connectivity index is 1.28. The number of aliphatic hydroxyl groups is 2. The number of likely N-dealkylation sites (tertiary alicyclic amines) is 1. The molecule has 2 aromatic carbocycles. The fourth-order valence-corrected chi connectivity index (χ4v) is 7.03. The molecule has 0 amide bonds. The Kier molecular flexibility index (Phi) is 5.90. The Morgan fingerprint density at radius 3 is 2.66 bits per heavy atom. The maximum absolute atomic E-state index is 13.1. The van der Waals surface area contributed by atoms with Crippen molar-refractivity contribution < 1.29 is 34.0 Å². The molecule has 38 heavy (non-hydrogen) atoms. The van der Waals surface area contributed by atoms with Crippen LogP contribution in [0, 0.1) is 0 Å². The normalized spacial score (nSPS) is 30.4. The van der Waals surface area contributed by atoms with Crippen LogP contribution < -0.4 is 4.74 Å². The van der Waals surface area contributed by atoms with Crippen molar-refractivity contribution in [1.82, 2.24) is 4.90 Å². The molecule has 6 rings (SSSR count). The molecule has 0 aromatic heterocycles. The van der Waals surface area contributed by atoms with E-state index in [0.717, 1.165) is 23.2 Å². The molecule has 0 saturated carbocycles. The summed E-state index contributed by atoms with van der Waals surface area (Å²) in [7, 11) is 2.03. The lowest BCUT2D eigenvalue weighted by atomic mass is 9.50. The molecular weight excluding hydrogens is 486 g/mol. The van der Waals surface area contributed by atoms with E-state index in [2.05, 4.69) is 4.90 Å². The third-order valence-corrected chi connectivity index (χ3v) is 9.12. The molecule has 8 nitrogen and oxygen atoms in total. The van der Waals surface area contributed by atoms with Crippen LogP contribution in [0.2, 0.25) is 0 Å². The predicted octanol–water partition coefficient (Wildman–Crippen LogP) is 2.74. The molecule has 0 radical (unpaired) electrons. The number of benzene rings is 2. The molecule has 2 aliphatic heterocycles. The number of hydrogen-bond donors (Lipinski definition) is 2. The molecule has 1 saturated heterocycles. The molecule has 8 heteroatoms. The molecular formula is C30H33NO7. The van der Waals surface area contributed by atoms with Gasteiger partial charge in [-0.25, -0.2) is 4.79 Å². The molecule has 1 fully saturated rings. The summed E-state index contributed by atoms with van der Waals surface area (Å²) in [6, 6.07) is 13.0. The lowest BCUT2D eigenvalue weighted by Crippen LogP contribution is -2.74. The molecule has 2 bridgehead atoms. The fraction of sp³-hybridized carbons (Fsp3) is 0.467. The van der Waals surface area contributed by atoms with Crippen molar-refractivity contribution in [3.05, 3.63) is 76.6 Å². The summed E-state index contributed by atoms with van der Waals surface area (Å²) in [6.45, 7) is 3.79. The predicted molar refractivity (Wildman–Crippen MR) is 137 cm³/mol. The van der Waals surface area contributed by atoms with Crippen molar-refractivity contribution in [3.8, 4) is 5.75 Å². The number of piperidine rings is 1. The van der Waals surface area contributed by atoms with Crippen molar-refractivity contribution in [1.29, 1.82) is 0 Å². The first kappa shape index (κ1) is 25.1. The quantitative estimate of drug-likeness (QED) is 0.562. The van der Waals surface area contributed by atoms with E-state index < -0.39 is 41.1 Å². The molecule has 4 aliphatic rings. The monoisotopic (exact) mass is 519 g/mol. The van der Waals surface area contributed by atoms with Gasteiger partial charge in [0.25, 0.3) is 0 Å². The van der Waals surface area contributed by atoms with Crippen LogP contribution >= 0.6 is 0 Å². The highest BCUT2D eigenvalue weighted by atomic mass is 16.6. The van der Waals surface area contributed by atoms with E-state index in [4.69, 9.17) is 14.2 Å². The SMILES string of the molecule is C[C@H](OC(=O)[C@@H](C)c1ccccc1)C(=O)OC1=CC[C@@]2(O)[C@H]3Cc4ccc(CO)c5c4[C@@]2(CCN3C)[C@H]1O5. The average Bonchev–Trinajstić information content (AvgIpc) is 3.28. The minimum absolute atomic E-state index is 0.117. The van der Waals surface area contributed by atoms with Crippen molar-refractivity contribution in [2.45, 2.75) is 74.9 Å². The van der Waals surface area contributed by atoms with Gasteiger partial charge in [0.05, 0.1) is 23.5 Å². The maximum Gasteiger partial charge on any atom is 0.352 e. The second kappa shape index (κ2) is 8.93. The zero-order chi connectivity index (χ0) is 26.8. The van der Waals surface area contributed by atoms with Crippen molar-refractivity contribution >= 4 is 11.9 Å². The summed E-state index contributed by atoms with van der Waals surface area (Å²) < 4.78 is 17.8. The molecule has 2 aliphatic carbocycles. The number of carbonyl (C=O) groups is 2. The van der Waals surface area contributed by atoms with Crippen LogP contribution in [0.4, 0.5) is 0 Å². The number of rotatable bonds is 6. The number of ether oxygens (including phenoxy) is 3. The highest BCUT2D eigenvalue weighted by Crippen LogP contribution is 2.64. The zero-order valence-corrected chi connectivity index (χ0v) is 21.8. The lowest BCUT2D eigenvalue weighted by Gasteiger charge is -2.61. The van der Waals surface area contributed by atoms with E-state index in [1.54, 1.807) is 13.0 Å². The van der Waals surface area contributed by atoms with E-state index in [0.29, 0.717) is 36.3 Å². The van der Waals surface area contributed by atoms with Gasteiger partial charge in [0, 0.05) is 23.6 Å². The fourth-order valence-electron chi connectivity index (χ4n) is 7.03. The second-order valence-electron chi connectivity index (χ2n) is 11.0. The molecule has 2 N–H and O–H groups in total. The summed E-state index contributed by atoms with van der Waals surface area (Å²) in [4.78, 5) is 28.1. The Labute approximate surface area is 221 Å². The average molecular weight is 520 g/mol. The number of nitrogens with zero attached hydrogens (tertiary/aromatic N) is 1.